The molecule has 26 heavy (non-hydrogen) atoms. The average molecular weight is 362 g/mol. The lowest BCUT2D eigenvalue weighted by Gasteiger charge is -2.28. The summed E-state index contributed by atoms with van der Waals surface area (Å²) >= 11 is 0. The predicted molar refractivity (Wildman–Crippen MR) is 101 cm³/mol. The highest BCUT2D eigenvalue weighted by atomic mass is 19.3. The summed E-state index contributed by atoms with van der Waals surface area (Å²) in [5, 5.41) is 0. The molecule has 0 N–H and O–H groups in total. The third kappa shape index (κ3) is 5.80. The molecule has 0 saturated heterocycles. The van der Waals surface area contributed by atoms with Crippen molar-refractivity contribution in [2.24, 2.45) is 0 Å². The number of hydrogen-bond donors (Lipinski definition) is 0. The Labute approximate surface area is 155 Å². The van der Waals surface area contributed by atoms with Crippen LogP contribution in [0.25, 0.3) is 0 Å². The molecule has 0 aromatic heterocycles. The Bertz CT molecular complexity index is 644. The van der Waals surface area contributed by atoms with Gasteiger partial charge in [0.2, 0.25) is 0 Å². The fraction of sp³-hybridized carbons (Fsp3) is 0.455. The number of para-hydroxylation sites is 1. The van der Waals surface area contributed by atoms with Crippen molar-refractivity contribution < 1.29 is 18.3 Å². The van der Waals surface area contributed by atoms with Gasteiger partial charge in [0.1, 0.15) is 11.9 Å². The van der Waals surface area contributed by atoms with Crippen molar-refractivity contribution in [3.8, 4) is 5.75 Å². The van der Waals surface area contributed by atoms with Gasteiger partial charge >= 0.3 is 0 Å². The molecule has 2 nitrogen and oxygen atoms in total. The first-order valence-electron chi connectivity index (χ1n) is 9.24. The number of halogens is 2. The molecule has 0 amide bonds. The van der Waals surface area contributed by atoms with Crippen molar-refractivity contribution in [3.05, 3.63) is 65.7 Å². The summed E-state index contributed by atoms with van der Waals surface area (Å²) in [4.78, 5) is 0. The van der Waals surface area contributed by atoms with Crippen LogP contribution in [0, 0.1) is 0 Å². The molecule has 1 unspecified atom stereocenters. The molecular formula is C22H28F2O2. The number of methoxy groups -OCH3 is 1. The van der Waals surface area contributed by atoms with Crippen molar-refractivity contribution in [2.75, 3.05) is 7.11 Å². The fourth-order valence-corrected chi connectivity index (χ4v) is 2.99. The number of alkyl halides is 2. The maximum Gasteiger partial charge on any atom is 0.278 e. The first-order valence-corrected chi connectivity index (χ1v) is 9.24. The molecule has 142 valence electrons. The minimum atomic E-state index is -2.96. The van der Waals surface area contributed by atoms with Crippen molar-refractivity contribution in [1.82, 2.24) is 0 Å². The third-order valence-electron chi connectivity index (χ3n) is 4.43. The van der Waals surface area contributed by atoms with Gasteiger partial charge in [-0.1, -0.05) is 74.7 Å². The van der Waals surface area contributed by atoms with Gasteiger partial charge in [-0.25, -0.2) is 8.78 Å². The van der Waals surface area contributed by atoms with E-state index in [1.54, 1.807) is 24.3 Å². The van der Waals surface area contributed by atoms with E-state index in [9.17, 15) is 0 Å². The standard InChI is InChI=1S/C22H28F2O2/c1-3-4-5-11-16-22(23,24)21(19-14-9-10-15-20(19)25-2)26-17-18-12-7-6-8-13-18/h6-10,12-15,21H,3-5,11,16-17H2,1-2H3. The summed E-state index contributed by atoms with van der Waals surface area (Å²) in [5.41, 5.74) is 1.26. The average Bonchev–Trinajstić information content (AvgIpc) is 2.66. The van der Waals surface area contributed by atoms with Crippen LogP contribution in [0.1, 0.15) is 56.3 Å². The topological polar surface area (TPSA) is 18.5 Å². The van der Waals surface area contributed by atoms with E-state index < -0.39 is 12.0 Å². The lowest BCUT2D eigenvalue weighted by atomic mass is 9.97. The predicted octanol–water partition coefficient (Wildman–Crippen LogP) is 6.56. The van der Waals surface area contributed by atoms with E-state index in [4.69, 9.17) is 9.47 Å². The molecule has 2 aromatic carbocycles. The summed E-state index contributed by atoms with van der Waals surface area (Å²) < 4.78 is 41.1. The van der Waals surface area contributed by atoms with Gasteiger partial charge in [-0.2, -0.15) is 0 Å². The molecule has 0 spiro atoms. The lowest BCUT2D eigenvalue weighted by molar-refractivity contribution is -0.151. The van der Waals surface area contributed by atoms with Crippen LogP contribution in [-0.2, 0) is 11.3 Å². The number of hydrogen-bond acceptors (Lipinski definition) is 2. The zero-order chi connectivity index (χ0) is 18.8. The smallest absolute Gasteiger partial charge is 0.278 e. The summed E-state index contributed by atoms with van der Waals surface area (Å²) in [6.45, 7) is 2.20. The van der Waals surface area contributed by atoms with E-state index in [2.05, 4.69) is 6.92 Å². The van der Waals surface area contributed by atoms with E-state index in [0.29, 0.717) is 17.7 Å². The Morgan fingerprint density at radius 2 is 1.62 bits per heavy atom. The van der Waals surface area contributed by atoms with Gasteiger partial charge in [0.15, 0.2) is 0 Å². The zero-order valence-electron chi connectivity index (χ0n) is 15.6. The maximum absolute atomic E-state index is 15.0. The van der Waals surface area contributed by atoms with Crippen LogP contribution < -0.4 is 4.74 Å². The Kier molecular flexibility index (Phi) is 8.05. The van der Waals surface area contributed by atoms with Gasteiger partial charge < -0.3 is 9.47 Å². The second-order valence-corrected chi connectivity index (χ2v) is 6.49. The molecule has 0 aliphatic carbocycles. The summed E-state index contributed by atoms with van der Waals surface area (Å²) in [6, 6.07) is 16.3. The normalized spacial score (nSPS) is 12.8. The highest BCUT2D eigenvalue weighted by Crippen LogP contribution is 2.42. The number of rotatable bonds is 11. The number of ether oxygens (including phenoxy) is 2. The molecule has 0 aliphatic rings. The van der Waals surface area contributed by atoms with Crippen LogP contribution in [0.4, 0.5) is 8.78 Å². The van der Waals surface area contributed by atoms with Crippen molar-refractivity contribution in [2.45, 2.75) is 57.7 Å². The van der Waals surface area contributed by atoms with Crippen LogP contribution in [-0.4, -0.2) is 13.0 Å². The Morgan fingerprint density at radius 1 is 0.923 bits per heavy atom. The molecule has 1 atom stereocenters. The lowest BCUT2D eigenvalue weighted by Crippen LogP contribution is -2.29. The molecule has 0 radical (unpaired) electrons. The minimum absolute atomic E-state index is 0.133. The SMILES string of the molecule is CCCCCCC(F)(F)C(OCc1ccccc1)c1ccccc1OC. The van der Waals surface area contributed by atoms with Crippen LogP contribution >= 0.6 is 0 Å². The Balaban J connectivity index is 2.19. The molecule has 0 fully saturated rings. The van der Waals surface area contributed by atoms with Crippen LogP contribution in [0.2, 0.25) is 0 Å². The Hall–Kier alpha value is -1.94. The first-order chi connectivity index (χ1) is 12.6. The quantitative estimate of drug-likeness (QED) is 0.422. The van der Waals surface area contributed by atoms with E-state index in [1.807, 2.05) is 30.3 Å². The van der Waals surface area contributed by atoms with Gasteiger partial charge in [-0.05, 0) is 18.1 Å². The van der Waals surface area contributed by atoms with Crippen LogP contribution in [0.15, 0.2) is 54.6 Å². The number of benzene rings is 2. The molecule has 0 heterocycles. The molecule has 2 aromatic rings. The van der Waals surface area contributed by atoms with Gasteiger partial charge in [-0.15, -0.1) is 0 Å². The van der Waals surface area contributed by atoms with Gasteiger partial charge in [0.05, 0.1) is 13.7 Å². The molecule has 0 bridgehead atoms. The first kappa shape index (κ1) is 20.4. The second kappa shape index (κ2) is 10.3. The van der Waals surface area contributed by atoms with E-state index in [0.717, 1.165) is 24.8 Å². The van der Waals surface area contributed by atoms with Crippen LogP contribution in [0.5, 0.6) is 5.75 Å². The van der Waals surface area contributed by atoms with E-state index >= 15 is 8.78 Å². The van der Waals surface area contributed by atoms with Crippen molar-refractivity contribution in [1.29, 1.82) is 0 Å². The largest absolute Gasteiger partial charge is 0.496 e. The second-order valence-electron chi connectivity index (χ2n) is 6.49. The summed E-state index contributed by atoms with van der Waals surface area (Å²) in [7, 11) is 1.49. The molecule has 0 aliphatic heterocycles. The van der Waals surface area contributed by atoms with E-state index in [-0.39, 0.29) is 13.0 Å². The molecule has 2 rings (SSSR count). The zero-order valence-corrected chi connectivity index (χ0v) is 15.6. The highest BCUT2D eigenvalue weighted by Gasteiger charge is 2.42. The Morgan fingerprint density at radius 3 is 2.31 bits per heavy atom. The summed E-state index contributed by atoms with van der Waals surface area (Å²) in [6.07, 6.45) is 1.77. The van der Waals surface area contributed by atoms with E-state index in [1.165, 1.54) is 7.11 Å². The number of unbranched alkanes of at least 4 members (excludes halogenated alkanes) is 3. The highest BCUT2D eigenvalue weighted by molar-refractivity contribution is 5.36. The third-order valence-corrected chi connectivity index (χ3v) is 4.43. The van der Waals surface area contributed by atoms with Crippen molar-refractivity contribution >= 4 is 0 Å². The van der Waals surface area contributed by atoms with Crippen LogP contribution in [0.3, 0.4) is 0 Å². The summed E-state index contributed by atoms with van der Waals surface area (Å²) in [5.74, 6) is -2.53. The fourth-order valence-electron chi connectivity index (χ4n) is 2.99. The molecule has 0 saturated carbocycles. The molecular weight excluding hydrogens is 334 g/mol. The van der Waals surface area contributed by atoms with Gasteiger partial charge in [0, 0.05) is 12.0 Å². The van der Waals surface area contributed by atoms with Gasteiger partial charge in [0.25, 0.3) is 5.92 Å². The molecule has 4 heteroatoms. The van der Waals surface area contributed by atoms with Crippen molar-refractivity contribution in [3.63, 3.8) is 0 Å². The maximum atomic E-state index is 15.0. The monoisotopic (exact) mass is 362 g/mol. The minimum Gasteiger partial charge on any atom is -0.496 e. The van der Waals surface area contributed by atoms with Gasteiger partial charge in [-0.3, -0.25) is 0 Å².